The number of carbonyl (C=O) groups excluding carboxylic acids is 1. The van der Waals surface area contributed by atoms with Gasteiger partial charge in [-0.15, -0.1) is 0 Å². The average Bonchev–Trinajstić information content (AvgIpc) is 2.53. The second-order valence-electron chi connectivity index (χ2n) is 7.77. The molecule has 1 aromatic rings. The second-order valence-corrected chi connectivity index (χ2v) is 7.77. The predicted molar refractivity (Wildman–Crippen MR) is 91.3 cm³/mol. The van der Waals surface area contributed by atoms with Crippen LogP contribution in [0.15, 0.2) is 18.3 Å². The third kappa shape index (κ3) is 5.09. The Labute approximate surface area is 147 Å². The third-order valence-electron chi connectivity index (χ3n) is 4.54. The lowest BCUT2D eigenvalue weighted by Gasteiger charge is -2.36. The van der Waals surface area contributed by atoms with Gasteiger partial charge in [0.1, 0.15) is 5.69 Å². The van der Waals surface area contributed by atoms with E-state index in [4.69, 9.17) is 0 Å². The minimum absolute atomic E-state index is 0.127. The maximum atomic E-state index is 12.6. The molecule has 1 aromatic heterocycles. The molecule has 1 aliphatic heterocycles. The fourth-order valence-electron chi connectivity index (χ4n) is 3.16. The van der Waals surface area contributed by atoms with Crippen molar-refractivity contribution in [3.63, 3.8) is 0 Å². The first kappa shape index (κ1) is 19.5. The number of pyridine rings is 1. The van der Waals surface area contributed by atoms with Gasteiger partial charge in [0.25, 0.3) is 0 Å². The zero-order chi connectivity index (χ0) is 18.8. The van der Waals surface area contributed by atoms with Crippen molar-refractivity contribution in [2.45, 2.75) is 39.8 Å². The molecule has 0 saturated carbocycles. The van der Waals surface area contributed by atoms with Gasteiger partial charge in [0, 0.05) is 32.1 Å². The summed E-state index contributed by atoms with van der Waals surface area (Å²) < 4.78 is 37.7. The molecule has 0 spiro atoms. The molecular weight excluding hydrogens is 331 g/mol. The summed E-state index contributed by atoms with van der Waals surface area (Å²) in [5, 5.41) is 0. The van der Waals surface area contributed by atoms with Crippen LogP contribution in [0.2, 0.25) is 0 Å². The quantitative estimate of drug-likeness (QED) is 0.825. The van der Waals surface area contributed by atoms with Gasteiger partial charge in [-0.2, -0.15) is 13.2 Å². The first-order valence-corrected chi connectivity index (χ1v) is 8.52. The van der Waals surface area contributed by atoms with Gasteiger partial charge >= 0.3 is 6.18 Å². The number of rotatable bonds is 3. The molecule has 1 fully saturated rings. The average molecular weight is 357 g/mol. The third-order valence-corrected chi connectivity index (χ3v) is 4.54. The summed E-state index contributed by atoms with van der Waals surface area (Å²) in [5.74, 6) is 0.539. The number of halogens is 3. The SMILES string of the molecule is CN(CC1CCN(c2ccc(C(F)(F)F)nc2)CC1)C(=O)C(C)(C)C. The molecule has 0 aromatic carbocycles. The highest BCUT2D eigenvalue weighted by atomic mass is 19.4. The highest BCUT2D eigenvalue weighted by molar-refractivity contribution is 5.81. The van der Waals surface area contributed by atoms with Gasteiger partial charge in [0.15, 0.2) is 0 Å². The summed E-state index contributed by atoms with van der Waals surface area (Å²) in [5.41, 5.74) is -0.541. The number of piperidine rings is 1. The number of aromatic nitrogens is 1. The summed E-state index contributed by atoms with van der Waals surface area (Å²) in [6.07, 6.45) is -1.31. The van der Waals surface area contributed by atoms with Crippen molar-refractivity contribution in [2.75, 3.05) is 31.6 Å². The van der Waals surface area contributed by atoms with E-state index in [1.165, 1.54) is 12.3 Å². The number of nitrogens with zero attached hydrogens (tertiary/aromatic N) is 3. The molecule has 1 amide bonds. The second kappa shape index (κ2) is 7.22. The predicted octanol–water partition coefficient (Wildman–Crippen LogP) is 3.82. The molecule has 7 heteroatoms. The number of carbonyl (C=O) groups is 1. The van der Waals surface area contributed by atoms with Crippen molar-refractivity contribution in [2.24, 2.45) is 11.3 Å². The van der Waals surface area contributed by atoms with Gasteiger partial charge in [-0.1, -0.05) is 20.8 Å². The van der Waals surface area contributed by atoms with Crippen molar-refractivity contribution < 1.29 is 18.0 Å². The van der Waals surface area contributed by atoms with Crippen molar-refractivity contribution in [1.82, 2.24) is 9.88 Å². The largest absolute Gasteiger partial charge is 0.433 e. The summed E-state index contributed by atoms with van der Waals surface area (Å²) in [4.78, 5) is 19.6. The number of amides is 1. The fourth-order valence-corrected chi connectivity index (χ4v) is 3.16. The highest BCUT2D eigenvalue weighted by Crippen LogP contribution is 2.30. The number of hydrogen-bond donors (Lipinski definition) is 0. The Morgan fingerprint density at radius 1 is 1.24 bits per heavy atom. The van der Waals surface area contributed by atoms with Crippen LogP contribution in [-0.4, -0.2) is 42.5 Å². The van der Waals surface area contributed by atoms with Gasteiger partial charge in [0.2, 0.25) is 5.91 Å². The van der Waals surface area contributed by atoms with E-state index in [1.54, 1.807) is 4.90 Å². The van der Waals surface area contributed by atoms with Crippen LogP contribution in [0.4, 0.5) is 18.9 Å². The van der Waals surface area contributed by atoms with Gasteiger partial charge in [0.05, 0.1) is 11.9 Å². The Hall–Kier alpha value is -1.79. The molecule has 25 heavy (non-hydrogen) atoms. The highest BCUT2D eigenvalue weighted by Gasteiger charge is 2.32. The van der Waals surface area contributed by atoms with Gasteiger partial charge in [-0.3, -0.25) is 4.79 Å². The van der Waals surface area contributed by atoms with E-state index in [9.17, 15) is 18.0 Å². The molecule has 140 valence electrons. The fraction of sp³-hybridized carbons (Fsp3) is 0.667. The molecule has 2 rings (SSSR count). The lowest BCUT2D eigenvalue weighted by molar-refractivity contribution is -0.141. The van der Waals surface area contributed by atoms with Gasteiger partial charge in [-0.05, 0) is 30.9 Å². The monoisotopic (exact) mass is 357 g/mol. The van der Waals surface area contributed by atoms with Crippen LogP contribution in [-0.2, 0) is 11.0 Å². The van der Waals surface area contributed by atoms with Gasteiger partial charge in [-0.25, -0.2) is 4.98 Å². The number of anilines is 1. The molecule has 0 N–H and O–H groups in total. The molecule has 0 unspecified atom stereocenters. The van der Waals surface area contributed by atoms with Crippen LogP contribution in [0, 0.1) is 11.3 Å². The Balaban J connectivity index is 1.88. The van der Waals surface area contributed by atoms with Crippen molar-refractivity contribution >= 4 is 11.6 Å². The maximum absolute atomic E-state index is 12.6. The standard InChI is InChI=1S/C18H26F3N3O/c1-17(2,3)16(25)23(4)12-13-7-9-24(10-8-13)14-5-6-15(22-11-14)18(19,20)21/h5-6,11,13H,7-10,12H2,1-4H3. The molecule has 0 bridgehead atoms. The van der Waals surface area contributed by atoms with Crippen LogP contribution < -0.4 is 4.90 Å². The molecule has 1 saturated heterocycles. The smallest absolute Gasteiger partial charge is 0.370 e. The van der Waals surface area contributed by atoms with E-state index < -0.39 is 11.9 Å². The zero-order valence-electron chi connectivity index (χ0n) is 15.2. The van der Waals surface area contributed by atoms with Crippen LogP contribution in [0.1, 0.15) is 39.3 Å². The lowest BCUT2D eigenvalue weighted by atomic mass is 9.92. The van der Waals surface area contributed by atoms with E-state index in [2.05, 4.69) is 9.88 Å². The molecule has 0 aliphatic carbocycles. The van der Waals surface area contributed by atoms with Crippen LogP contribution in [0.5, 0.6) is 0 Å². The van der Waals surface area contributed by atoms with Crippen LogP contribution in [0.25, 0.3) is 0 Å². The Morgan fingerprint density at radius 2 is 1.84 bits per heavy atom. The topological polar surface area (TPSA) is 36.4 Å². The van der Waals surface area contributed by atoms with Crippen LogP contribution in [0.3, 0.4) is 0 Å². The molecule has 4 nitrogen and oxygen atoms in total. The maximum Gasteiger partial charge on any atom is 0.433 e. The van der Waals surface area contributed by atoms with Crippen LogP contribution >= 0.6 is 0 Å². The summed E-state index contributed by atoms with van der Waals surface area (Å²) in [6, 6.07) is 2.50. The lowest BCUT2D eigenvalue weighted by Crippen LogP contribution is -2.42. The summed E-state index contributed by atoms with van der Waals surface area (Å²) in [6.45, 7) is 7.96. The van der Waals surface area contributed by atoms with E-state index in [0.717, 1.165) is 38.5 Å². The van der Waals surface area contributed by atoms with Gasteiger partial charge < -0.3 is 9.80 Å². The Morgan fingerprint density at radius 3 is 2.28 bits per heavy atom. The minimum Gasteiger partial charge on any atom is -0.370 e. The Kier molecular flexibility index (Phi) is 5.64. The molecule has 0 radical (unpaired) electrons. The van der Waals surface area contributed by atoms with Crippen molar-refractivity contribution in [3.8, 4) is 0 Å². The van der Waals surface area contributed by atoms with Crippen molar-refractivity contribution in [3.05, 3.63) is 24.0 Å². The van der Waals surface area contributed by atoms with E-state index in [0.29, 0.717) is 11.6 Å². The summed E-state index contributed by atoms with van der Waals surface area (Å²) in [7, 11) is 1.83. The molecular formula is C18H26F3N3O. The summed E-state index contributed by atoms with van der Waals surface area (Å²) >= 11 is 0. The van der Waals surface area contributed by atoms with E-state index >= 15 is 0 Å². The molecule has 2 heterocycles. The normalized spacial score (nSPS) is 16.8. The van der Waals surface area contributed by atoms with Crippen molar-refractivity contribution in [1.29, 1.82) is 0 Å². The Bertz CT molecular complexity index is 585. The first-order valence-electron chi connectivity index (χ1n) is 8.52. The first-order chi connectivity index (χ1) is 11.5. The number of hydrogen-bond acceptors (Lipinski definition) is 3. The minimum atomic E-state index is -4.41. The van der Waals surface area contributed by atoms with E-state index in [1.807, 2.05) is 27.8 Å². The number of alkyl halides is 3. The molecule has 1 aliphatic rings. The molecule has 0 atom stereocenters. The van der Waals surface area contributed by atoms with E-state index in [-0.39, 0.29) is 11.3 Å². The zero-order valence-corrected chi connectivity index (χ0v) is 15.2.